The van der Waals surface area contributed by atoms with Crippen molar-refractivity contribution in [3.8, 4) is 0 Å². The van der Waals surface area contributed by atoms with Gasteiger partial charge in [-0.25, -0.2) is 0 Å². The number of hydrogen-bond donors (Lipinski definition) is 1. The van der Waals surface area contributed by atoms with Crippen LogP contribution in [0.25, 0.3) is 0 Å². The number of hydrogen-bond acceptors (Lipinski definition) is 1. The van der Waals surface area contributed by atoms with Crippen molar-refractivity contribution in [1.29, 1.82) is 0 Å². The van der Waals surface area contributed by atoms with E-state index in [1.54, 1.807) is 0 Å². The average Bonchev–Trinajstić information content (AvgIpc) is 2.58. The Morgan fingerprint density at radius 2 is 2.56 bits per heavy atom. The molecule has 2 rings (SSSR count). The van der Waals surface area contributed by atoms with Crippen molar-refractivity contribution in [2.45, 2.75) is 25.8 Å². The van der Waals surface area contributed by atoms with Crippen LogP contribution in [-0.2, 0) is 0 Å². The Bertz CT molecular complexity index is 212. The number of aryl methyl sites for hydroxylation is 1. The first-order valence-electron chi connectivity index (χ1n) is 3.29. The van der Waals surface area contributed by atoms with Gasteiger partial charge in [-0.3, -0.25) is 0 Å². The Balaban J connectivity index is 2.35. The second-order valence-electron chi connectivity index (χ2n) is 2.60. The summed E-state index contributed by atoms with van der Waals surface area (Å²) in [5.74, 6) is 0. The maximum atomic E-state index is 3.92. The van der Waals surface area contributed by atoms with Crippen LogP contribution in [0, 0.1) is 6.92 Å². The van der Waals surface area contributed by atoms with Crippen LogP contribution in [0.5, 0.6) is 0 Å². The monoisotopic (exact) mass is 124 g/mol. The van der Waals surface area contributed by atoms with Gasteiger partial charge in [-0.15, -0.1) is 0 Å². The smallest absolute Gasteiger partial charge is 0.157 e. The lowest BCUT2D eigenvalue weighted by Gasteiger charge is -1.87. The summed E-state index contributed by atoms with van der Waals surface area (Å²) in [5, 5.41) is 6.85. The maximum absolute atomic E-state index is 3.92. The Morgan fingerprint density at radius 3 is 3.00 bits per heavy atom. The van der Waals surface area contributed by atoms with E-state index in [9.17, 15) is 0 Å². The predicted molar refractivity (Wildman–Crippen MR) is 31.8 cm³/mol. The molecule has 0 atom stereocenters. The number of aromatic amines is 1. The lowest BCUT2D eigenvalue weighted by molar-refractivity contribution is -0.762. The van der Waals surface area contributed by atoms with Gasteiger partial charge in [-0.1, -0.05) is 5.21 Å². The standard InChI is InChI=1S/C6H9N3/c1-5-4-7-8-9(5)6-2-3-6/h4,6H,2-3H2,1H3/p+1. The molecule has 1 N–H and O–H groups in total. The Labute approximate surface area is 53.7 Å². The van der Waals surface area contributed by atoms with Crippen molar-refractivity contribution in [3.63, 3.8) is 0 Å². The first kappa shape index (κ1) is 4.97. The van der Waals surface area contributed by atoms with Crippen molar-refractivity contribution in [2.24, 2.45) is 0 Å². The fourth-order valence-corrected chi connectivity index (χ4v) is 1.03. The number of H-pyrrole nitrogens is 1. The summed E-state index contributed by atoms with van der Waals surface area (Å²) in [5.41, 5.74) is 1.23. The van der Waals surface area contributed by atoms with Crippen molar-refractivity contribution in [1.82, 2.24) is 10.3 Å². The Hall–Kier alpha value is -0.860. The molecule has 9 heavy (non-hydrogen) atoms. The first-order chi connectivity index (χ1) is 4.38. The number of nitrogens with zero attached hydrogens (tertiary/aromatic N) is 2. The summed E-state index contributed by atoms with van der Waals surface area (Å²) in [6.45, 7) is 2.07. The molecule has 3 heteroatoms. The third kappa shape index (κ3) is 0.724. The molecule has 0 amide bonds. The SMILES string of the molecule is Cc1cn[nH][n+]1C1CC1. The van der Waals surface area contributed by atoms with E-state index in [-0.39, 0.29) is 0 Å². The molecule has 0 radical (unpaired) electrons. The minimum Gasteiger partial charge on any atom is -0.157 e. The molecule has 48 valence electrons. The Kier molecular flexibility index (Phi) is 0.860. The summed E-state index contributed by atoms with van der Waals surface area (Å²) in [6.07, 6.45) is 4.49. The van der Waals surface area contributed by atoms with E-state index >= 15 is 0 Å². The van der Waals surface area contributed by atoms with Crippen LogP contribution >= 0.6 is 0 Å². The van der Waals surface area contributed by atoms with Gasteiger partial charge >= 0.3 is 0 Å². The molecule has 3 nitrogen and oxygen atoms in total. The van der Waals surface area contributed by atoms with Crippen LogP contribution in [0.2, 0.25) is 0 Å². The first-order valence-corrected chi connectivity index (χ1v) is 3.29. The predicted octanol–water partition coefficient (Wildman–Crippen LogP) is 0.341. The van der Waals surface area contributed by atoms with Crippen molar-refractivity contribution in [3.05, 3.63) is 11.9 Å². The van der Waals surface area contributed by atoms with E-state index in [1.807, 2.05) is 6.20 Å². The van der Waals surface area contributed by atoms with Gasteiger partial charge < -0.3 is 0 Å². The van der Waals surface area contributed by atoms with Crippen molar-refractivity contribution < 1.29 is 4.68 Å². The highest BCUT2D eigenvalue weighted by Gasteiger charge is 2.30. The highest BCUT2D eigenvalue weighted by Crippen LogP contribution is 2.28. The van der Waals surface area contributed by atoms with Gasteiger partial charge in [0.2, 0.25) is 6.20 Å². The summed E-state index contributed by atoms with van der Waals surface area (Å²) in [4.78, 5) is 0. The molecule has 1 fully saturated rings. The lowest BCUT2D eigenvalue weighted by Crippen LogP contribution is -2.36. The average molecular weight is 124 g/mol. The minimum absolute atomic E-state index is 0.729. The van der Waals surface area contributed by atoms with Gasteiger partial charge in [0.15, 0.2) is 5.69 Å². The van der Waals surface area contributed by atoms with E-state index < -0.39 is 0 Å². The summed E-state index contributed by atoms with van der Waals surface area (Å²) in [6, 6.07) is 0.729. The molecule has 1 aromatic heterocycles. The van der Waals surface area contributed by atoms with Crippen LogP contribution in [-0.4, -0.2) is 10.3 Å². The molecule has 0 aromatic carbocycles. The number of aromatic nitrogens is 3. The van der Waals surface area contributed by atoms with Gasteiger partial charge in [0.1, 0.15) is 6.04 Å². The summed E-state index contributed by atoms with van der Waals surface area (Å²) < 4.78 is 2.12. The summed E-state index contributed by atoms with van der Waals surface area (Å²) in [7, 11) is 0. The lowest BCUT2D eigenvalue weighted by atomic mass is 10.5. The molecule has 1 aliphatic rings. The van der Waals surface area contributed by atoms with E-state index in [4.69, 9.17) is 0 Å². The molecule has 0 aliphatic heterocycles. The molecule has 1 aliphatic carbocycles. The van der Waals surface area contributed by atoms with Crippen molar-refractivity contribution >= 4 is 0 Å². The van der Waals surface area contributed by atoms with Crippen LogP contribution in [0.1, 0.15) is 24.6 Å². The van der Waals surface area contributed by atoms with Crippen LogP contribution in [0.15, 0.2) is 6.20 Å². The molecular formula is C6H10N3+. The van der Waals surface area contributed by atoms with Gasteiger partial charge in [0.25, 0.3) is 0 Å². The summed E-state index contributed by atoms with van der Waals surface area (Å²) >= 11 is 0. The normalized spacial score (nSPS) is 18.3. The Morgan fingerprint density at radius 1 is 1.78 bits per heavy atom. The molecule has 0 saturated heterocycles. The molecule has 1 saturated carbocycles. The van der Waals surface area contributed by atoms with Crippen LogP contribution in [0.4, 0.5) is 0 Å². The second-order valence-corrected chi connectivity index (χ2v) is 2.60. The molecule has 0 bridgehead atoms. The van der Waals surface area contributed by atoms with E-state index in [2.05, 4.69) is 21.9 Å². The fourth-order valence-electron chi connectivity index (χ4n) is 1.03. The number of nitrogens with one attached hydrogen (secondary N) is 1. The minimum atomic E-state index is 0.729. The zero-order valence-electron chi connectivity index (χ0n) is 5.46. The molecular weight excluding hydrogens is 114 g/mol. The molecule has 0 spiro atoms. The van der Waals surface area contributed by atoms with Gasteiger partial charge in [-0.2, -0.15) is 4.68 Å². The van der Waals surface area contributed by atoms with Gasteiger partial charge in [0, 0.05) is 12.0 Å². The van der Waals surface area contributed by atoms with E-state index in [0.29, 0.717) is 0 Å². The molecule has 1 heterocycles. The second kappa shape index (κ2) is 1.56. The highest BCUT2D eigenvalue weighted by molar-refractivity contribution is 4.79. The third-order valence-electron chi connectivity index (χ3n) is 1.71. The van der Waals surface area contributed by atoms with E-state index in [0.717, 1.165) is 6.04 Å². The fraction of sp³-hybridized carbons (Fsp3) is 0.667. The molecule has 0 unspecified atom stereocenters. The number of rotatable bonds is 1. The maximum Gasteiger partial charge on any atom is 0.208 e. The van der Waals surface area contributed by atoms with E-state index in [1.165, 1.54) is 18.5 Å². The largest absolute Gasteiger partial charge is 0.208 e. The third-order valence-corrected chi connectivity index (χ3v) is 1.71. The van der Waals surface area contributed by atoms with Crippen LogP contribution in [0.3, 0.4) is 0 Å². The van der Waals surface area contributed by atoms with Crippen molar-refractivity contribution in [2.75, 3.05) is 0 Å². The quantitative estimate of drug-likeness (QED) is 0.538. The molecule has 1 aromatic rings. The zero-order valence-corrected chi connectivity index (χ0v) is 5.46. The van der Waals surface area contributed by atoms with Gasteiger partial charge in [-0.05, 0) is 12.8 Å². The topological polar surface area (TPSA) is 32.6 Å². The van der Waals surface area contributed by atoms with Gasteiger partial charge in [0.05, 0.1) is 0 Å². The van der Waals surface area contributed by atoms with Crippen LogP contribution < -0.4 is 4.68 Å². The highest BCUT2D eigenvalue weighted by atomic mass is 15.4. The zero-order chi connectivity index (χ0) is 6.27.